The summed E-state index contributed by atoms with van der Waals surface area (Å²) in [4.78, 5) is 13.9. The molecule has 0 fully saturated rings. The van der Waals surface area contributed by atoms with Crippen molar-refractivity contribution in [3.8, 4) is 0 Å². The highest BCUT2D eigenvalue weighted by atomic mass is 16.1. The maximum Gasteiger partial charge on any atom is 0.221 e. The van der Waals surface area contributed by atoms with Crippen LogP contribution >= 0.6 is 0 Å². The first-order chi connectivity index (χ1) is 5.72. The summed E-state index contributed by atoms with van der Waals surface area (Å²) in [5.74, 6) is -0.128. The van der Waals surface area contributed by atoms with Crippen LogP contribution in [0.25, 0.3) is 4.85 Å². The summed E-state index contributed by atoms with van der Waals surface area (Å²) in [5, 5.41) is 2.60. The molecule has 60 valence electrons. The Bertz CT molecular complexity index is 339. The van der Waals surface area contributed by atoms with Crippen molar-refractivity contribution in [2.75, 3.05) is 5.32 Å². The third-order valence-electron chi connectivity index (χ3n) is 1.30. The van der Waals surface area contributed by atoms with E-state index in [1.807, 2.05) is 0 Å². The molecular formula is C9H8N2O. The Morgan fingerprint density at radius 1 is 1.58 bits per heavy atom. The molecule has 0 aliphatic carbocycles. The summed E-state index contributed by atoms with van der Waals surface area (Å²) in [7, 11) is 0. The Hall–Kier alpha value is -1.82. The topological polar surface area (TPSA) is 33.5 Å². The number of carbonyl (C=O) groups excluding carboxylic acids is 1. The summed E-state index contributed by atoms with van der Waals surface area (Å²) in [5.41, 5.74) is 1.19. The lowest BCUT2D eigenvalue weighted by Gasteiger charge is -2.00. The van der Waals surface area contributed by atoms with E-state index in [9.17, 15) is 4.79 Å². The Balaban J connectivity index is 2.88. The van der Waals surface area contributed by atoms with Crippen LogP contribution in [0.4, 0.5) is 11.4 Å². The Kier molecular flexibility index (Phi) is 2.44. The van der Waals surface area contributed by atoms with Crippen LogP contribution in [0.3, 0.4) is 0 Å². The largest absolute Gasteiger partial charge is 0.328 e. The summed E-state index contributed by atoms with van der Waals surface area (Å²) in [6.45, 7) is 8.17. The molecule has 12 heavy (non-hydrogen) atoms. The molecule has 0 aliphatic rings. The lowest BCUT2D eigenvalue weighted by Crippen LogP contribution is -2.04. The molecule has 0 radical (unpaired) electrons. The maximum atomic E-state index is 10.6. The van der Waals surface area contributed by atoms with E-state index in [0.29, 0.717) is 11.4 Å². The number of carbonyl (C=O) groups is 1. The van der Waals surface area contributed by atoms with Crippen molar-refractivity contribution in [2.45, 2.75) is 6.92 Å². The fourth-order valence-electron chi connectivity index (χ4n) is 0.856. The molecular weight excluding hydrogens is 152 g/mol. The molecule has 3 nitrogen and oxygen atoms in total. The molecule has 1 aromatic rings. The van der Waals surface area contributed by atoms with Gasteiger partial charge in [-0.1, -0.05) is 12.1 Å². The van der Waals surface area contributed by atoms with Gasteiger partial charge in [-0.05, 0) is 12.1 Å². The summed E-state index contributed by atoms with van der Waals surface area (Å²) < 4.78 is 0. The number of anilines is 1. The van der Waals surface area contributed by atoms with Gasteiger partial charge in [-0.2, -0.15) is 0 Å². The minimum Gasteiger partial charge on any atom is -0.328 e. The molecule has 1 aromatic carbocycles. The van der Waals surface area contributed by atoms with Gasteiger partial charge < -0.3 is 5.32 Å². The number of amides is 1. The van der Waals surface area contributed by atoms with E-state index >= 15 is 0 Å². The monoisotopic (exact) mass is 160 g/mol. The smallest absolute Gasteiger partial charge is 0.221 e. The van der Waals surface area contributed by atoms with Gasteiger partial charge in [0.2, 0.25) is 5.91 Å². The number of hydrogen-bond acceptors (Lipinski definition) is 1. The molecule has 3 heteroatoms. The van der Waals surface area contributed by atoms with Gasteiger partial charge in [-0.25, -0.2) is 4.85 Å². The third kappa shape index (κ3) is 2.10. The van der Waals surface area contributed by atoms with Gasteiger partial charge >= 0.3 is 0 Å². The van der Waals surface area contributed by atoms with Gasteiger partial charge in [0.15, 0.2) is 5.69 Å². The van der Waals surface area contributed by atoms with Crippen LogP contribution in [0.5, 0.6) is 0 Å². The van der Waals surface area contributed by atoms with Gasteiger partial charge in [0.25, 0.3) is 0 Å². The van der Waals surface area contributed by atoms with Crippen LogP contribution in [-0.2, 0) is 4.79 Å². The van der Waals surface area contributed by atoms with Gasteiger partial charge in [-0.15, -0.1) is 0 Å². The fourth-order valence-corrected chi connectivity index (χ4v) is 0.856. The Morgan fingerprint density at radius 3 is 2.92 bits per heavy atom. The van der Waals surface area contributed by atoms with Gasteiger partial charge in [0, 0.05) is 12.6 Å². The zero-order valence-corrected chi connectivity index (χ0v) is 6.66. The standard InChI is InChI=1S/C9H8N2O/c1-7(12)11-9-5-3-4-8(6-9)10-2/h3-6H,1H3,(H,11,12). The molecule has 0 atom stereocenters. The van der Waals surface area contributed by atoms with Gasteiger partial charge in [0.1, 0.15) is 0 Å². The molecule has 0 saturated heterocycles. The minimum absolute atomic E-state index is 0.128. The lowest BCUT2D eigenvalue weighted by atomic mass is 10.3. The number of hydrogen-bond donors (Lipinski definition) is 1. The number of nitrogens with zero attached hydrogens (tertiary/aromatic N) is 1. The second-order valence-corrected chi connectivity index (χ2v) is 2.34. The highest BCUT2D eigenvalue weighted by Gasteiger charge is 1.95. The molecule has 0 spiro atoms. The normalized spacial score (nSPS) is 8.67. The summed E-state index contributed by atoms with van der Waals surface area (Å²) in [6, 6.07) is 6.81. The van der Waals surface area contributed by atoms with Crippen LogP contribution in [0.15, 0.2) is 24.3 Å². The average Bonchev–Trinajstić information content (AvgIpc) is 2.03. The summed E-state index contributed by atoms with van der Waals surface area (Å²) in [6.07, 6.45) is 0. The second kappa shape index (κ2) is 3.54. The minimum atomic E-state index is -0.128. The molecule has 0 aliphatic heterocycles. The number of benzene rings is 1. The van der Waals surface area contributed by atoms with Gasteiger partial charge in [-0.3, -0.25) is 4.79 Å². The van der Waals surface area contributed by atoms with E-state index in [-0.39, 0.29) is 5.91 Å². The number of rotatable bonds is 1. The Morgan fingerprint density at radius 2 is 2.33 bits per heavy atom. The molecule has 1 rings (SSSR count). The fraction of sp³-hybridized carbons (Fsp3) is 0.111. The van der Waals surface area contributed by atoms with Gasteiger partial charge in [0.05, 0.1) is 6.57 Å². The predicted octanol–water partition coefficient (Wildman–Crippen LogP) is 2.20. The first-order valence-corrected chi connectivity index (χ1v) is 3.47. The Labute approximate surface area is 70.8 Å². The van der Waals surface area contributed by atoms with Crippen LogP contribution in [-0.4, -0.2) is 5.91 Å². The molecule has 1 N–H and O–H groups in total. The van der Waals surface area contributed by atoms with Crippen LogP contribution in [0, 0.1) is 6.57 Å². The molecule has 0 aromatic heterocycles. The maximum absolute atomic E-state index is 10.6. The highest BCUT2D eigenvalue weighted by Crippen LogP contribution is 2.17. The van der Waals surface area contributed by atoms with Crippen LogP contribution < -0.4 is 5.32 Å². The van der Waals surface area contributed by atoms with Crippen molar-refractivity contribution in [3.05, 3.63) is 35.7 Å². The van der Waals surface area contributed by atoms with Crippen molar-refractivity contribution in [1.82, 2.24) is 0 Å². The zero-order valence-electron chi connectivity index (χ0n) is 6.66. The van der Waals surface area contributed by atoms with E-state index in [1.165, 1.54) is 6.92 Å². The average molecular weight is 160 g/mol. The molecule has 0 bridgehead atoms. The van der Waals surface area contributed by atoms with Crippen molar-refractivity contribution in [2.24, 2.45) is 0 Å². The quantitative estimate of drug-likeness (QED) is 0.628. The lowest BCUT2D eigenvalue weighted by molar-refractivity contribution is -0.114. The van der Waals surface area contributed by atoms with E-state index in [2.05, 4.69) is 10.2 Å². The second-order valence-electron chi connectivity index (χ2n) is 2.34. The van der Waals surface area contributed by atoms with Crippen molar-refractivity contribution >= 4 is 17.3 Å². The van der Waals surface area contributed by atoms with Crippen LogP contribution in [0.1, 0.15) is 6.92 Å². The van der Waals surface area contributed by atoms with Crippen molar-refractivity contribution < 1.29 is 4.79 Å². The highest BCUT2D eigenvalue weighted by molar-refractivity contribution is 5.89. The molecule has 1 amide bonds. The van der Waals surface area contributed by atoms with Crippen LogP contribution in [0.2, 0.25) is 0 Å². The van der Waals surface area contributed by atoms with E-state index in [4.69, 9.17) is 6.57 Å². The third-order valence-corrected chi connectivity index (χ3v) is 1.30. The number of nitrogens with one attached hydrogen (secondary N) is 1. The van der Waals surface area contributed by atoms with Crippen molar-refractivity contribution in [1.29, 1.82) is 0 Å². The first kappa shape index (κ1) is 8.28. The van der Waals surface area contributed by atoms with E-state index in [0.717, 1.165) is 0 Å². The van der Waals surface area contributed by atoms with E-state index < -0.39 is 0 Å². The zero-order chi connectivity index (χ0) is 8.97. The first-order valence-electron chi connectivity index (χ1n) is 3.47. The summed E-state index contributed by atoms with van der Waals surface area (Å²) >= 11 is 0. The molecule has 0 heterocycles. The van der Waals surface area contributed by atoms with Crippen molar-refractivity contribution in [3.63, 3.8) is 0 Å². The molecule has 0 unspecified atom stereocenters. The van der Waals surface area contributed by atoms with E-state index in [1.54, 1.807) is 24.3 Å². The predicted molar refractivity (Wildman–Crippen MR) is 47.0 cm³/mol. The molecule has 0 saturated carbocycles. The SMILES string of the molecule is [C-]#[N+]c1cccc(NC(C)=O)c1.